The summed E-state index contributed by atoms with van der Waals surface area (Å²) in [7, 11) is 1.78. The third-order valence-corrected chi connectivity index (χ3v) is 2.54. The summed E-state index contributed by atoms with van der Waals surface area (Å²) in [4.78, 5) is 34.0. The van der Waals surface area contributed by atoms with E-state index in [0.29, 0.717) is 13.0 Å². The molecule has 0 saturated heterocycles. The van der Waals surface area contributed by atoms with E-state index in [-0.39, 0.29) is 0 Å². The molecule has 0 spiro atoms. The van der Waals surface area contributed by atoms with E-state index < -0.39 is 31.0 Å². The third-order valence-electron chi connectivity index (χ3n) is 2.54. The van der Waals surface area contributed by atoms with Gasteiger partial charge in [-0.3, -0.25) is 14.3 Å². The first kappa shape index (κ1) is 15.5. The number of primary amides is 1. The van der Waals surface area contributed by atoms with Crippen LogP contribution < -0.4 is 11.1 Å². The molecule has 0 aliphatic heterocycles. The van der Waals surface area contributed by atoms with Crippen LogP contribution in [-0.2, 0) is 23.1 Å². The minimum absolute atomic E-state index is 0.299. The lowest BCUT2D eigenvalue weighted by Gasteiger charge is -2.19. The molecule has 9 heteroatoms. The summed E-state index contributed by atoms with van der Waals surface area (Å²) in [6.45, 7) is -0.725. The van der Waals surface area contributed by atoms with Crippen LogP contribution in [0.5, 0.6) is 0 Å². The fraction of sp³-hybridized carbons (Fsp3) is 0.455. The van der Waals surface area contributed by atoms with Crippen molar-refractivity contribution < 1.29 is 19.5 Å². The van der Waals surface area contributed by atoms with Gasteiger partial charge in [-0.2, -0.15) is 5.10 Å². The number of rotatable bonds is 7. The second-order valence-corrected chi connectivity index (χ2v) is 4.14. The predicted octanol–water partition coefficient (Wildman–Crippen LogP) is -1.46. The summed E-state index contributed by atoms with van der Waals surface area (Å²) in [5.41, 5.74) is 5.89. The summed E-state index contributed by atoms with van der Waals surface area (Å²) < 4.78 is 1.67. The van der Waals surface area contributed by atoms with Gasteiger partial charge in [-0.1, -0.05) is 0 Å². The molecule has 0 aromatic carbocycles. The van der Waals surface area contributed by atoms with Crippen molar-refractivity contribution in [1.29, 1.82) is 0 Å². The van der Waals surface area contributed by atoms with Crippen LogP contribution >= 0.6 is 0 Å². The van der Waals surface area contributed by atoms with E-state index >= 15 is 0 Å². The Labute approximate surface area is 115 Å². The average molecular weight is 283 g/mol. The van der Waals surface area contributed by atoms with Crippen molar-refractivity contribution >= 4 is 17.9 Å². The number of carbonyl (C=O) groups is 3. The summed E-state index contributed by atoms with van der Waals surface area (Å²) in [5.74, 6) is -1.99. The van der Waals surface area contributed by atoms with Gasteiger partial charge >= 0.3 is 12.0 Å². The molecule has 0 fully saturated rings. The number of nitrogens with one attached hydrogen (secondary N) is 1. The maximum Gasteiger partial charge on any atom is 0.323 e. The SMILES string of the molecule is Cn1nccc1CCNC(=O)N(CC(N)=O)CC(=O)O. The average Bonchev–Trinajstić information content (AvgIpc) is 2.73. The largest absolute Gasteiger partial charge is 0.480 e. The highest BCUT2D eigenvalue weighted by Gasteiger charge is 2.18. The third kappa shape index (κ3) is 4.96. The van der Waals surface area contributed by atoms with Crippen LogP contribution in [0.15, 0.2) is 12.3 Å². The summed E-state index contributed by atoms with van der Waals surface area (Å²) in [6.07, 6.45) is 2.18. The standard InChI is InChI=1S/C11H17N5O4/c1-15-8(3-5-14-15)2-4-13-11(20)16(6-9(12)17)7-10(18)19/h3,5H,2,4,6-7H2,1H3,(H2,12,17)(H,13,20)(H,18,19). The number of hydrogen-bond acceptors (Lipinski definition) is 4. The Kier molecular flexibility index (Phi) is 5.51. The molecule has 0 unspecified atom stereocenters. The molecule has 0 saturated carbocycles. The van der Waals surface area contributed by atoms with E-state index in [9.17, 15) is 14.4 Å². The van der Waals surface area contributed by atoms with Gasteiger partial charge in [0.25, 0.3) is 0 Å². The van der Waals surface area contributed by atoms with Gasteiger partial charge in [-0.25, -0.2) is 4.79 Å². The number of nitrogens with zero attached hydrogens (tertiary/aromatic N) is 3. The Morgan fingerprint density at radius 3 is 2.65 bits per heavy atom. The minimum Gasteiger partial charge on any atom is -0.480 e. The molecular weight excluding hydrogens is 266 g/mol. The quantitative estimate of drug-likeness (QED) is 0.563. The highest BCUT2D eigenvalue weighted by Crippen LogP contribution is 1.97. The van der Waals surface area contributed by atoms with Gasteiger partial charge in [0, 0.05) is 31.9 Å². The molecule has 0 radical (unpaired) electrons. The fourth-order valence-corrected chi connectivity index (χ4v) is 1.61. The number of aryl methyl sites for hydroxylation is 1. The Morgan fingerprint density at radius 1 is 1.45 bits per heavy atom. The molecule has 4 N–H and O–H groups in total. The molecule has 1 rings (SSSR count). The van der Waals surface area contributed by atoms with Crippen LogP contribution in [0, 0.1) is 0 Å². The molecule has 3 amide bonds. The lowest BCUT2D eigenvalue weighted by Crippen LogP contribution is -2.47. The molecule has 0 bridgehead atoms. The van der Waals surface area contributed by atoms with Gasteiger partial charge in [0.2, 0.25) is 5.91 Å². The second-order valence-electron chi connectivity index (χ2n) is 4.14. The maximum absolute atomic E-state index is 11.7. The molecule has 110 valence electrons. The predicted molar refractivity (Wildman–Crippen MR) is 68.7 cm³/mol. The topological polar surface area (TPSA) is 131 Å². The molecule has 20 heavy (non-hydrogen) atoms. The number of aliphatic carboxylic acids is 1. The first-order valence-corrected chi connectivity index (χ1v) is 5.90. The normalized spacial score (nSPS) is 10.1. The molecule has 1 heterocycles. The van der Waals surface area contributed by atoms with Crippen molar-refractivity contribution in [2.45, 2.75) is 6.42 Å². The molecule has 1 aromatic heterocycles. The fourth-order valence-electron chi connectivity index (χ4n) is 1.61. The molecule has 9 nitrogen and oxygen atoms in total. The monoisotopic (exact) mass is 283 g/mol. The van der Waals surface area contributed by atoms with E-state index in [0.717, 1.165) is 10.6 Å². The van der Waals surface area contributed by atoms with E-state index in [1.54, 1.807) is 17.9 Å². The summed E-state index contributed by atoms with van der Waals surface area (Å²) >= 11 is 0. The number of aromatic nitrogens is 2. The molecule has 0 aliphatic carbocycles. The van der Waals surface area contributed by atoms with E-state index in [1.165, 1.54) is 0 Å². The highest BCUT2D eigenvalue weighted by atomic mass is 16.4. The van der Waals surface area contributed by atoms with E-state index in [2.05, 4.69) is 10.4 Å². The number of amides is 3. The second kappa shape index (κ2) is 7.12. The van der Waals surface area contributed by atoms with Crippen molar-refractivity contribution in [1.82, 2.24) is 20.0 Å². The smallest absolute Gasteiger partial charge is 0.323 e. The Hall–Kier alpha value is -2.58. The highest BCUT2D eigenvalue weighted by molar-refractivity contribution is 5.85. The maximum atomic E-state index is 11.7. The van der Waals surface area contributed by atoms with Crippen LogP contribution in [0.3, 0.4) is 0 Å². The number of carboxylic acids is 1. The van der Waals surface area contributed by atoms with Crippen LogP contribution in [-0.4, -0.2) is 57.3 Å². The lowest BCUT2D eigenvalue weighted by molar-refractivity contribution is -0.137. The zero-order chi connectivity index (χ0) is 15.1. The Balaban J connectivity index is 2.47. The number of nitrogens with two attached hydrogens (primary N) is 1. The van der Waals surface area contributed by atoms with Gasteiger partial charge in [0.15, 0.2) is 0 Å². The van der Waals surface area contributed by atoms with Crippen molar-refractivity contribution in [3.8, 4) is 0 Å². The van der Waals surface area contributed by atoms with Crippen LogP contribution in [0.2, 0.25) is 0 Å². The Bertz CT molecular complexity index is 483. The summed E-state index contributed by atoms with van der Waals surface area (Å²) in [5, 5.41) is 15.2. The van der Waals surface area contributed by atoms with Crippen LogP contribution in [0.4, 0.5) is 4.79 Å². The lowest BCUT2D eigenvalue weighted by atomic mass is 10.3. The van der Waals surface area contributed by atoms with Crippen molar-refractivity contribution in [3.63, 3.8) is 0 Å². The zero-order valence-corrected chi connectivity index (χ0v) is 11.1. The van der Waals surface area contributed by atoms with E-state index in [4.69, 9.17) is 10.8 Å². The summed E-state index contributed by atoms with van der Waals surface area (Å²) in [6, 6.07) is 1.17. The number of carbonyl (C=O) groups excluding carboxylic acids is 2. The van der Waals surface area contributed by atoms with Gasteiger partial charge in [-0.15, -0.1) is 0 Å². The first-order valence-electron chi connectivity index (χ1n) is 5.90. The van der Waals surface area contributed by atoms with Gasteiger partial charge < -0.3 is 21.1 Å². The number of hydrogen-bond donors (Lipinski definition) is 3. The van der Waals surface area contributed by atoms with Gasteiger partial charge in [0.05, 0.1) is 0 Å². The van der Waals surface area contributed by atoms with Gasteiger partial charge in [-0.05, 0) is 6.07 Å². The first-order chi connectivity index (χ1) is 9.40. The van der Waals surface area contributed by atoms with E-state index in [1.807, 2.05) is 6.07 Å². The zero-order valence-electron chi connectivity index (χ0n) is 11.1. The molecule has 0 aliphatic rings. The van der Waals surface area contributed by atoms with Crippen molar-refractivity contribution in [2.24, 2.45) is 12.8 Å². The van der Waals surface area contributed by atoms with Crippen LogP contribution in [0.25, 0.3) is 0 Å². The number of carboxylic acid groups (broad SMARTS) is 1. The molecular formula is C11H17N5O4. The minimum atomic E-state index is -1.21. The number of urea groups is 1. The Morgan fingerprint density at radius 2 is 2.15 bits per heavy atom. The van der Waals surface area contributed by atoms with Crippen LogP contribution in [0.1, 0.15) is 5.69 Å². The van der Waals surface area contributed by atoms with Crippen molar-refractivity contribution in [3.05, 3.63) is 18.0 Å². The van der Waals surface area contributed by atoms with Gasteiger partial charge in [0.1, 0.15) is 13.1 Å². The molecule has 1 aromatic rings. The molecule has 0 atom stereocenters. The van der Waals surface area contributed by atoms with Crippen molar-refractivity contribution in [2.75, 3.05) is 19.6 Å².